The largest absolute Gasteiger partial charge is 0.344 e. The van der Waals surface area contributed by atoms with Crippen LogP contribution in [0.2, 0.25) is 0 Å². The third-order valence-electron chi connectivity index (χ3n) is 0. The minimum Gasteiger partial charge on any atom is -0.344 e. The molecule has 0 saturated carbocycles. The highest BCUT2D eigenvalue weighted by molar-refractivity contribution is 4.79. The summed E-state index contributed by atoms with van der Waals surface area (Å²) in [6.45, 7) is 15.0. The summed E-state index contributed by atoms with van der Waals surface area (Å²) in [7, 11) is 0. The average molecular weight is 129 g/mol. The molecule has 0 heterocycles. The fourth-order valence-electron chi connectivity index (χ4n) is 0. The quantitative estimate of drug-likeness (QED) is 0.500. The van der Waals surface area contributed by atoms with Gasteiger partial charge in [-0.05, 0) is 27.7 Å². The smallest absolute Gasteiger partial charge is 0.0445 e. The van der Waals surface area contributed by atoms with E-state index in [0.29, 0.717) is 0 Å². The van der Waals surface area contributed by atoms with E-state index in [9.17, 15) is 0 Å². The molecule has 1 heteroatoms. The zero-order chi connectivity index (χ0) is 7.15. The van der Waals surface area contributed by atoms with Crippen LogP contribution in [-0.2, 0) is 0 Å². The van der Waals surface area contributed by atoms with E-state index in [1.54, 1.807) is 0 Å². The van der Waals surface area contributed by atoms with E-state index < -0.39 is 0 Å². The molecule has 0 aliphatic rings. The van der Waals surface area contributed by atoms with E-state index in [2.05, 4.69) is 13.2 Å². The van der Waals surface area contributed by atoms with Crippen molar-refractivity contribution in [2.24, 2.45) is 0 Å². The summed E-state index contributed by atoms with van der Waals surface area (Å²) in [6, 6.07) is 0. The van der Waals surface area contributed by atoms with Crippen LogP contribution >= 0.6 is 0 Å². The lowest BCUT2D eigenvalue weighted by molar-refractivity contribution is 1.42. The molecule has 0 unspecified atom stereocenters. The first-order chi connectivity index (χ1) is 3.46. The van der Waals surface area contributed by atoms with E-state index in [-0.39, 0.29) is 6.15 Å². The standard InChI is InChI=1S/2C4H8.H3N/c2*1-4(2)3;/h2*1H2,2-3H3;1H3. The zero-order valence-electron chi connectivity index (χ0n) is 7.12. The molecule has 3 N–H and O–H groups in total. The van der Waals surface area contributed by atoms with Gasteiger partial charge in [-0.2, -0.15) is 0 Å². The Morgan fingerprint density at radius 2 is 0.778 bits per heavy atom. The summed E-state index contributed by atoms with van der Waals surface area (Å²) in [5.41, 5.74) is 2.33. The second-order valence-electron chi connectivity index (χ2n) is 2.41. The second-order valence-corrected chi connectivity index (χ2v) is 2.41. The first-order valence-corrected chi connectivity index (χ1v) is 2.71. The van der Waals surface area contributed by atoms with Gasteiger partial charge in [0, 0.05) is 0 Å². The Hall–Kier alpha value is -0.560. The van der Waals surface area contributed by atoms with Crippen molar-refractivity contribution in [2.75, 3.05) is 0 Å². The fourth-order valence-corrected chi connectivity index (χ4v) is 0. The van der Waals surface area contributed by atoms with Crippen LogP contribution in [0.3, 0.4) is 0 Å². The number of allylic oxidation sites excluding steroid dienone is 2. The lowest BCUT2D eigenvalue weighted by Crippen LogP contribution is -1.43. The molecule has 1 nitrogen and oxygen atoms in total. The molecule has 0 bridgehead atoms. The van der Waals surface area contributed by atoms with Crippen molar-refractivity contribution in [1.82, 2.24) is 6.15 Å². The van der Waals surface area contributed by atoms with Crippen LogP contribution in [0.25, 0.3) is 0 Å². The van der Waals surface area contributed by atoms with Gasteiger partial charge in [0.1, 0.15) is 0 Å². The fraction of sp³-hybridized carbons (Fsp3) is 0.500. The molecule has 0 amide bonds. The molecule has 0 aromatic heterocycles. The van der Waals surface area contributed by atoms with Gasteiger partial charge in [-0.15, -0.1) is 13.2 Å². The SMILES string of the molecule is C=C(C)C.C=C(C)C.N. The lowest BCUT2D eigenvalue weighted by Gasteiger charge is -1.65. The maximum atomic E-state index is 3.56. The van der Waals surface area contributed by atoms with Crippen LogP contribution in [0.4, 0.5) is 0 Å². The zero-order valence-corrected chi connectivity index (χ0v) is 7.12. The van der Waals surface area contributed by atoms with Gasteiger partial charge in [0.05, 0.1) is 0 Å². The Labute approximate surface area is 59.1 Å². The Bertz CT molecular complexity index is 62.6. The first kappa shape index (κ1) is 15.8. The highest BCUT2D eigenvalue weighted by Gasteiger charge is 1.52. The van der Waals surface area contributed by atoms with Crippen molar-refractivity contribution in [2.45, 2.75) is 27.7 Å². The van der Waals surface area contributed by atoms with E-state index in [1.165, 1.54) is 11.1 Å². The van der Waals surface area contributed by atoms with Crippen LogP contribution in [0, 0.1) is 0 Å². The van der Waals surface area contributed by atoms with Crippen molar-refractivity contribution < 1.29 is 0 Å². The average Bonchev–Trinajstić information content (AvgIpc) is 1.25. The number of rotatable bonds is 0. The molecule has 56 valence electrons. The van der Waals surface area contributed by atoms with Gasteiger partial charge in [0.25, 0.3) is 0 Å². The monoisotopic (exact) mass is 129 g/mol. The van der Waals surface area contributed by atoms with E-state index in [4.69, 9.17) is 0 Å². The van der Waals surface area contributed by atoms with Gasteiger partial charge in [0.15, 0.2) is 0 Å². The molecule has 0 saturated heterocycles. The Morgan fingerprint density at radius 3 is 0.778 bits per heavy atom. The molecule has 0 aliphatic carbocycles. The molecule has 9 heavy (non-hydrogen) atoms. The Kier molecular flexibility index (Phi) is 18.3. The van der Waals surface area contributed by atoms with Crippen molar-refractivity contribution >= 4 is 0 Å². The predicted octanol–water partition coefficient (Wildman–Crippen LogP) is 3.33. The third-order valence-corrected chi connectivity index (χ3v) is 0. The van der Waals surface area contributed by atoms with Crippen LogP contribution in [0.15, 0.2) is 24.3 Å². The number of hydrogen-bond donors (Lipinski definition) is 1. The molecule has 0 aromatic rings. The topological polar surface area (TPSA) is 35.0 Å². The van der Waals surface area contributed by atoms with Crippen LogP contribution in [0.5, 0.6) is 0 Å². The minimum absolute atomic E-state index is 0. The van der Waals surface area contributed by atoms with Gasteiger partial charge < -0.3 is 6.15 Å². The van der Waals surface area contributed by atoms with Crippen molar-refractivity contribution in [3.05, 3.63) is 24.3 Å². The van der Waals surface area contributed by atoms with Crippen LogP contribution < -0.4 is 6.15 Å². The Morgan fingerprint density at radius 1 is 0.778 bits per heavy atom. The first-order valence-electron chi connectivity index (χ1n) is 2.71. The molecule has 0 spiro atoms. The van der Waals surface area contributed by atoms with Crippen molar-refractivity contribution in [1.29, 1.82) is 0 Å². The second kappa shape index (κ2) is 10.4. The maximum Gasteiger partial charge on any atom is -0.0445 e. The van der Waals surface area contributed by atoms with Gasteiger partial charge in [-0.1, -0.05) is 11.1 Å². The van der Waals surface area contributed by atoms with Gasteiger partial charge >= 0.3 is 0 Å². The van der Waals surface area contributed by atoms with E-state index in [1.807, 2.05) is 27.7 Å². The summed E-state index contributed by atoms with van der Waals surface area (Å²) in [6.07, 6.45) is 0. The maximum absolute atomic E-state index is 3.56. The summed E-state index contributed by atoms with van der Waals surface area (Å²) >= 11 is 0. The predicted molar refractivity (Wildman–Crippen MR) is 46.0 cm³/mol. The molecular formula is C8H19N. The Balaban J connectivity index is -0.0000000720. The van der Waals surface area contributed by atoms with E-state index >= 15 is 0 Å². The van der Waals surface area contributed by atoms with Crippen molar-refractivity contribution in [3.63, 3.8) is 0 Å². The molecule has 0 atom stereocenters. The van der Waals surface area contributed by atoms with Gasteiger partial charge in [-0.25, -0.2) is 0 Å². The lowest BCUT2D eigenvalue weighted by atomic mass is 10.4. The highest BCUT2D eigenvalue weighted by Crippen LogP contribution is 1.74. The highest BCUT2D eigenvalue weighted by atomic mass is 14.0. The molecule has 0 fully saturated rings. The summed E-state index contributed by atoms with van der Waals surface area (Å²) in [5, 5.41) is 0. The molecular weight excluding hydrogens is 110 g/mol. The van der Waals surface area contributed by atoms with Crippen LogP contribution in [0.1, 0.15) is 27.7 Å². The molecule has 0 aliphatic heterocycles. The summed E-state index contributed by atoms with van der Waals surface area (Å²) < 4.78 is 0. The van der Waals surface area contributed by atoms with Crippen LogP contribution in [-0.4, -0.2) is 0 Å². The molecule has 0 rings (SSSR count). The minimum atomic E-state index is 0. The van der Waals surface area contributed by atoms with Gasteiger partial charge in [-0.3, -0.25) is 0 Å². The summed E-state index contributed by atoms with van der Waals surface area (Å²) in [4.78, 5) is 0. The number of hydrogen-bond acceptors (Lipinski definition) is 1. The molecule has 0 radical (unpaired) electrons. The third kappa shape index (κ3) is 702. The van der Waals surface area contributed by atoms with E-state index in [0.717, 1.165) is 0 Å². The van der Waals surface area contributed by atoms with Crippen molar-refractivity contribution in [3.8, 4) is 0 Å². The summed E-state index contributed by atoms with van der Waals surface area (Å²) in [5.74, 6) is 0. The normalized spacial score (nSPS) is 5.78. The van der Waals surface area contributed by atoms with Gasteiger partial charge in [0.2, 0.25) is 0 Å². The molecule has 0 aromatic carbocycles.